The van der Waals surface area contributed by atoms with Crippen LogP contribution in [0.25, 0.3) is 0 Å². The van der Waals surface area contributed by atoms with E-state index in [1.165, 1.54) is 24.3 Å². The molecule has 1 atom stereocenters. The van der Waals surface area contributed by atoms with Crippen LogP contribution in [-0.2, 0) is 0 Å². The van der Waals surface area contributed by atoms with E-state index in [2.05, 4.69) is 5.43 Å². The summed E-state index contributed by atoms with van der Waals surface area (Å²) in [6.07, 6.45) is 0.450. The van der Waals surface area contributed by atoms with E-state index in [-0.39, 0.29) is 16.6 Å². The number of halogens is 1. The smallest absolute Gasteiger partial charge is 0.423 e. The number of nitrogens with one attached hydrogen (secondary N) is 1. The van der Waals surface area contributed by atoms with Crippen LogP contribution in [-0.4, -0.2) is 40.0 Å². The summed E-state index contributed by atoms with van der Waals surface area (Å²) >= 11 is 0. The zero-order valence-corrected chi connectivity index (χ0v) is 18.4. The first-order valence-corrected chi connectivity index (χ1v) is 9.98. The predicted molar refractivity (Wildman–Crippen MR) is 119 cm³/mol. The van der Waals surface area contributed by atoms with E-state index >= 15 is 0 Å². The van der Waals surface area contributed by atoms with Gasteiger partial charge in [0.1, 0.15) is 5.82 Å². The Hall–Kier alpha value is -2.71. The molecular formula is C23H30BFN2O4. The number of carbonyl (C=O) groups is 2. The fourth-order valence-corrected chi connectivity index (χ4v) is 3.54. The summed E-state index contributed by atoms with van der Waals surface area (Å²) in [5.74, 6) is -2.53. The molecule has 0 bridgehead atoms. The number of rotatable bonds is 5. The molecular weight excluding hydrogens is 398 g/mol. The number of hydrogen-bond acceptors (Lipinski definition) is 4. The Morgan fingerprint density at radius 1 is 1.19 bits per heavy atom. The molecule has 0 aliphatic heterocycles. The van der Waals surface area contributed by atoms with E-state index in [0.29, 0.717) is 12.0 Å². The summed E-state index contributed by atoms with van der Waals surface area (Å²) in [6.45, 7) is 6.74. The van der Waals surface area contributed by atoms with Gasteiger partial charge >= 0.3 is 7.12 Å². The van der Waals surface area contributed by atoms with E-state index in [0.717, 1.165) is 17.1 Å². The van der Waals surface area contributed by atoms with Gasteiger partial charge in [-0.05, 0) is 55.3 Å². The molecule has 0 radical (unpaired) electrons. The first kappa shape index (κ1) is 20.2. The average molecular weight is 431 g/mol. The molecule has 0 saturated carbocycles. The molecule has 0 fully saturated rings. The van der Waals surface area contributed by atoms with Crippen molar-refractivity contribution in [1.82, 2.24) is 10.4 Å². The molecule has 2 rings (SSSR count). The highest BCUT2D eigenvalue weighted by Gasteiger charge is 2.34. The lowest BCUT2D eigenvalue weighted by Gasteiger charge is -2.39. The fourth-order valence-electron chi connectivity index (χ4n) is 3.54. The molecule has 2 aromatic carbocycles. The molecule has 0 aromatic heterocycles. The molecule has 0 unspecified atom stereocenters. The molecule has 6 nitrogen and oxygen atoms in total. The van der Waals surface area contributed by atoms with Crippen molar-refractivity contribution in [3.63, 3.8) is 0 Å². The van der Waals surface area contributed by atoms with Crippen LogP contribution < -0.4 is 10.9 Å². The van der Waals surface area contributed by atoms with Crippen LogP contribution in [0.15, 0.2) is 36.4 Å². The van der Waals surface area contributed by atoms with Crippen molar-refractivity contribution >= 4 is 24.4 Å². The second-order valence-corrected chi connectivity index (χ2v) is 8.61. The van der Waals surface area contributed by atoms with Gasteiger partial charge in [-0.15, -0.1) is 0 Å². The first-order valence-electron chi connectivity index (χ1n) is 11.5. The summed E-state index contributed by atoms with van der Waals surface area (Å²) in [5, 5.41) is 19.5. The van der Waals surface area contributed by atoms with Gasteiger partial charge in [0, 0.05) is 9.68 Å². The number of carbonyl (C=O) groups excluding carboxylic acids is 2. The minimum atomic E-state index is -2.43. The van der Waals surface area contributed by atoms with Crippen LogP contribution >= 0.6 is 0 Å². The van der Waals surface area contributed by atoms with E-state index in [9.17, 15) is 24.0 Å². The molecule has 0 aliphatic rings. The second-order valence-electron chi connectivity index (χ2n) is 8.61. The molecule has 0 heterocycles. The Morgan fingerprint density at radius 2 is 1.84 bits per heavy atom. The van der Waals surface area contributed by atoms with Gasteiger partial charge in [-0.2, -0.15) is 0 Å². The first-order chi connectivity index (χ1) is 15.6. The van der Waals surface area contributed by atoms with Crippen molar-refractivity contribution < 1.29 is 28.1 Å². The second kappa shape index (κ2) is 9.62. The minimum absolute atomic E-state index is 0.00451. The average Bonchev–Trinajstić information content (AvgIpc) is 2.70. The number of nitrogens with zero attached hydrogens (tertiary/aromatic N) is 1. The van der Waals surface area contributed by atoms with Crippen LogP contribution in [0.3, 0.4) is 0 Å². The van der Waals surface area contributed by atoms with Gasteiger partial charge in [-0.1, -0.05) is 51.0 Å². The van der Waals surface area contributed by atoms with Gasteiger partial charge in [-0.3, -0.25) is 15.0 Å². The number of hydrazine groups is 1. The van der Waals surface area contributed by atoms with Crippen LogP contribution in [0.1, 0.15) is 70.1 Å². The Bertz CT molecular complexity index is 1070. The standard InChI is InChI=1S/C23H30BFN2O4/c1-7-20(23(4,5)6)27(22(29)16-11-14(2)10-15(3)12-16)26-21(28)18-9-8-17(24(30)31)13-19(18)25/h8-13,20,30-31H,7H2,1-6H3,(H,26,28)/t20-/m1/s1/i2D3. The third kappa shape index (κ3) is 5.92. The molecule has 2 aromatic rings. The van der Waals surface area contributed by atoms with Gasteiger partial charge in [0.25, 0.3) is 11.8 Å². The highest BCUT2D eigenvalue weighted by atomic mass is 19.1. The maximum Gasteiger partial charge on any atom is 0.488 e. The van der Waals surface area contributed by atoms with E-state index in [1.807, 2.05) is 27.7 Å². The van der Waals surface area contributed by atoms with Gasteiger partial charge in [0.2, 0.25) is 0 Å². The highest BCUT2D eigenvalue weighted by molar-refractivity contribution is 6.58. The molecule has 166 valence electrons. The molecule has 31 heavy (non-hydrogen) atoms. The zero-order chi connectivity index (χ0) is 26.0. The normalized spacial score (nSPS) is 14.1. The molecule has 0 aliphatic carbocycles. The Kier molecular flexibility index (Phi) is 6.27. The Morgan fingerprint density at radius 3 is 2.35 bits per heavy atom. The summed E-state index contributed by atoms with van der Waals surface area (Å²) in [6, 6.07) is 6.88. The molecule has 0 spiro atoms. The third-order valence-corrected chi connectivity index (χ3v) is 5.00. The zero-order valence-electron chi connectivity index (χ0n) is 21.4. The Balaban J connectivity index is 2.52. The maximum atomic E-state index is 14.5. The van der Waals surface area contributed by atoms with Crippen molar-refractivity contribution in [2.24, 2.45) is 5.41 Å². The number of aryl methyl sites for hydroxylation is 2. The van der Waals surface area contributed by atoms with Gasteiger partial charge < -0.3 is 10.0 Å². The summed E-state index contributed by atoms with van der Waals surface area (Å²) < 4.78 is 37.6. The third-order valence-electron chi connectivity index (χ3n) is 5.00. The number of hydrogen-bond donors (Lipinski definition) is 3. The van der Waals surface area contributed by atoms with Crippen molar-refractivity contribution in [1.29, 1.82) is 0 Å². The summed E-state index contributed by atoms with van der Waals surface area (Å²) in [7, 11) is -1.90. The van der Waals surface area contributed by atoms with Gasteiger partial charge in [-0.25, -0.2) is 9.40 Å². The highest BCUT2D eigenvalue weighted by Crippen LogP contribution is 2.27. The van der Waals surface area contributed by atoms with Crippen LogP contribution in [0, 0.1) is 25.0 Å². The van der Waals surface area contributed by atoms with E-state index < -0.39 is 48.6 Å². The Labute approximate surface area is 187 Å². The van der Waals surface area contributed by atoms with Gasteiger partial charge in [0.15, 0.2) is 0 Å². The van der Waals surface area contributed by atoms with E-state index in [1.54, 1.807) is 6.92 Å². The minimum Gasteiger partial charge on any atom is -0.423 e. The monoisotopic (exact) mass is 431 g/mol. The summed E-state index contributed by atoms with van der Waals surface area (Å²) in [5.41, 5.74) is 2.13. The maximum absolute atomic E-state index is 14.5. The summed E-state index contributed by atoms with van der Waals surface area (Å²) in [4.78, 5) is 26.6. The van der Waals surface area contributed by atoms with Crippen molar-refractivity contribution in [2.45, 2.75) is 53.9 Å². The number of benzene rings is 2. The lowest BCUT2D eigenvalue weighted by atomic mass is 9.80. The van der Waals surface area contributed by atoms with Gasteiger partial charge in [0.05, 0.1) is 11.6 Å². The van der Waals surface area contributed by atoms with Crippen LogP contribution in [0.2, 0.25) is 0 Å². The lowest BCUT2D eigenvalue weighted by molar-refractivity contribution is 0.0283. The lowest BCUT2D eigenvalue weighted by Crippen LogP contribution is -2.56. The predicted octanol–water partition coefficient (Wildman–Crippen LogP) is 2.73. The SMILES string of the molecule is [2H]C([2H])([2H])c1cc(C)cc(C(=O)N(NC(=O)c2ccc(B(O)O)cc2F)[C@H](CC)C(C)(C)C)c1. The molecule has 8 heteroatoms. The molecule has 3 N–H and O–H groups in total. The topological polar surface area (TPSA) is 89.9 Å². The van der Waals surface area contributed by atoms with Crippen molar-refractivity contribution in [3.05, 3.63) is 64.5 Å². The van der Waals surface area contributed by atoms with E-state index in [4.69, 9.17) is 4.11 Å². The number of amides is 2. The van der Waals surface area contributed by atoms with Crippen molar-refractivity contribution in [3.8, 4) is 0 Å². The van der Waals surface area contributed by atoms with Crippen LogP contribution in [0.4, 0.5) is 4.39 Å². The fraction of sp³-hybridized carbons (Fsp3) is 0.391. The van der Waals surface area contributed by atoms with Crippen LogP contribution in [0.5, 0.6) is 0 Å². The molecule has 0 saturated heterocycles. The van der Waals surface area contributed by atoms with Crippen molar-refractivity contribution in [2.75, 3.05) is 0 Å². The molecule has 2 amide bonds. The quantitative estimate of drug-likeness (QED) is 0.502. The largest absolute Gasteiger partial charge is 0.488 e.